The van der Waals surface area contributed by atoms with Crippen LogP contribution in [-0.2, 0) is 6.54 Å². The number of aromatic nitrogens is 6. The van der Waals surface area contributed by atoms with Crippen molar-refractivity contribution in [1.29, 1.82) is 0 Å². The summed E-state index contributed by atoms with van der Waals surface area (Å²) in [5, 5.41) is 4.17. The second kappa shape index (κ2) is 4.70. The van der Waals surface area contributed by atoms with Crippen molar-refractivity contribution in [1.82, 2.24) is 29.1 Å². The van der Waals surface area contributed by atoms with Crippen LogP contribution in [0, 0.1) is 6.92 Å². The first-order valence-corrected chi connectivity index (χ1v) is 5.88. The van der Waals surface area contributed by atoms with E-state index in [4.69, 9.17) is 5.84 Å². The Balaban J connectivity index is 2.03. The van der Waals surface area contributed by atoms with E-state index in [-0.39, 0.29) is 12.2 Å². The summed E-state index contributed by atoms with van der Waals surface area (Å²) in [7, 11) is 0. The lowest BCUT2D eigenvalue weighted by Gasteiger charge is -2.04. The predicted octanol–water partition coefficient (Wildman–Crippen LogP) is -0.677. The summed E-state index contributed by atoms with van der Waals surface area (Å²) in [6, 6.07) is 1.71. The largest absolute Gasteiger partial charge is 0.350 e. The molecule has 0 amide bonds. The summed E-state index contributed by atoms with van der Waals surface area (Å²) in [5.74, 6) is 6.28. The number of aryl methyl sites for hydroxylation is 1. The molecule has 0 saturated heterocycles. The lowest BCUT2D eigenvalue weighted by molar-refractivity contribution is 0.629. The fraction of sp³-hybridized carbons (Fsp3) is 0.182. The Hall–Kier alpha value is -2.81. The molecular formula is C11H12N8O. The summed E-state index contributed by atoms with van der Waals surface area (Å²) in [6.45, 7) is 1.99. The average Bonchev–Trinajstić information content (AvgIpc) is 2.75. The van der Waals surface area contributed by atoms with E-state index in [1.165, 1.54) is 21.5 Å². The van der Waals surface area contributed by atoms with Crippen molar-refractivity contribution >= 4 is 11.5 Å². The zero-order valence-corrected chi connectivity index (χ0v) is 10.7. The van der Waals surface area contributed by atoms with Gasteiger partial charge in [0.15, 0.2) is 11.5 Å². The number of rotatable bonds is 3. The molecule has 9 heteroatoms. The van der Waals surface area contributed by atoms with Crippen molar-refractivity contribution in [2.24, 2.45) is 5.84 Å². The molecule has 0 unspecified atom stereocenters. The highest BCUT2D eigenvalue weighted by Gasteiger charge is 2.09. The molecule has 9 nitrogen and oxygen atoms in total. The Morgan fingerprint density at radius 3 is 3.00 bits per heavy atom. The molecule has 0 saturated carbocycles. The number of hydrogen-bond donors (Lipinski definition) is 2. The number of hydrogen-bond acceptors (Lipinski definition) is 7. The maximum absolute atomic E-state index is 12.1. The summed E-state index contributed by atoms with van der Waals surface area (Å²) in [4.78, 5) is 24.5. The molecule has 3 aromatic heterocycles. The van der Waals surface area contributed by atoms with Crippen molar-refractivity contribution in [2.45, 2.75) is 13.5 Å². The number of nitrogens with one attached hydrogen (secondary N) is 1. The second-order valence-electron chi connectivity index (χ2n) is 4.20. The predicted molar refractivity (Wildman–Crippen MR) is 70.9 cm³/mol. The number of anilines is 1. The third-order valence-corrected chi connectivity index (χ3v) is 2.73. The topological polar surface area (TPSA) is 116 Å². The zero-order chi connectivity index (χ0) is 14.1. The molecule has 0 bridgehead atoms. The smallest absolute Gasteiger partial charge is 0.308 e. The molecule has 0 fully saturated rings. The van der Waals surface area contributed by atoms with Gasteiger partial charge in [0, 0.05) is 24.2 Å². The Morgan fingerprint density at radius 1 is 1.40 bits per heavy atom. The van der Waals surface area contributed by atoms with E-state index in [0.29, 0.717) is 17.3 Å². The molecule has 3 heterocycles. The van der Waals surface area contributed by atoms with E-state index in [9.17, 15) is 4.79 Å². The van der Waals surface area contributed by atoms with Gasteiger partial charge in [-0.2, -0.15) is 0 Å². The highest BCUT2D eigenvalue weighted by atomic mass is 16.2. The molecule has 20 heavy (non-hydrogen) atoms. The standard InChI is InChI=1S/C11H12N8O/c1-7-4-8(16-12)15-9(14-7)6-19-11(20)18-3-2-13-5-10(18)17-19/h2-5H,6,12H2,1H3,(H,14,15,16). The van der Waals surface area contributed by atoms with Gasteiger partial charge in [0.2, 0.25) is 0 Å². The fourth-order valence-corrected chi connectivity index (χ4v) is 1.89. The second-order valence-corrected chi connectivity index (χ2v) is 4.20. The van der Waals surface area contributed by atoms with Gasteiger partial charge in [0.1, 0.15) is 12.4 Å². The first kappa shape index (κ1) is 12.2. The highest BCUT2D eigenvalue weighted by Crippen LogP contribution is 2.05. The molecule has 0 aliphatic rings. The minimum atomic E-state index is -0.269. The lowest BCUT2D eigenvalue weighted by Crippen LogP contribution is -2.23. The first-order chi connectivity index (χ1) is 9.67. The molecule has 0 aliphatic carbocycles. The van der Waals surface area contributed by atoms with Crippen LogP contribution < -0.4 is 17.0 Å². The third kappa shape index (κ3) is 2.10. The molecule has 0 aromatic carbocycles. The van der Waals surface area contributed by atoms with E-state index in [2.05, 4.69) is 25.5 Å². The van der Waals surface area contributed by atoms with Gasteiger partial charge < -0.3 is 5.43 Å². The monoisotopic (exact) mass is 272 g/mol. The number of nitrogens with zero attached hydrogens (tertiary/aromatic N) is 6. The molecule has 3 N–H and O–H groups in total. The molecule has 0 aliphatic heterocycles. The molecule has 3 aromatic rings. The molecular weight excluding hydrogens is 260 g/mol. The number of fused-ring (bicyclic) bond motifs is 1. The van der Waals surface area contributed by atoms with E-state index in [1.807, 2.05) is 6.92 Å². The fourth-order valence-electron chi connectivity index (χ4n) is 1.89. The normalized spacial score (nSPS) is 10.9. The van der Waals surface area contributed by atoms with Crippen LogP contribution >= 0.6 is 0 Å². The van der Waals surface area contributed by atoms with Crippen LogP contribution in [0.2, 0.25) is 0 Å². The molecule has 0 spiro atoms. The lowest BCUT2D eigenvalue weighted by atomic mass is 10.4. The van der Waals surface area contributed by atoms with Gasteiger partial charge in [-0.15, -0.1) is 5.10 Å². The summed E-state index contributed by atoms with van der Waals surface area (Å²) in [6.07, 6.45) is 4.60. The van der Waals surface area contributed by atoms with Gasteiger partial charge in [-0.3, -0.25) is 4.98 Å². The minimum Gasteiger partial charge on any atom is -0.308 e. The highest BCUT2D eigenvalue weighted by molar-refractivity contribution is 5.34. The molecule has 3 rings (SSSR count). The van der Waals surface area contributed by atoms with Gasteiger partial charge in [-0.25, -0.2) is 29.7 Å². The van der Waals surface area contributed by atoms with Crippen molar-refractivity contribution in [3.8, 4) is 0 Å². The number of nitrogen functional groups attached to an aromatic ring is 1. The molecule has 0 radical (unpaired) electrons. The van der Waals surface area contributed by atoms with Crippen LogP contribution in [0.1, 0.15) is 11.5 Å². The zero-order valence-electron chi connectivity index (χ0n) is 10.7. The van der Waals surface area contributed by atoms with Crippen LogP contribution in [0.15, 0.2) is 29.5 Å². The molecule has 0 atom stereocenters. The van der Waals surface area contributed by atoms with Crippen molar-refractivity contribution in [3.63, 3.8) is 0 Å². The summed E-state index contributed by atoms with van der Waals surface area (Å²) >= 11 is 0. The van der Waals surface area contributed by atoms with Crippen LogP contribution in [0.5, 0.6) is 0 Å². The quantitative estimate of drug-likeness (QED) is 0.479. The van der Waals surface area contributed by atoms with Gasteiger partial charge in [0.25, 0.3) is 0 Å². The van der Waals surface area contributed by atoms with Gasteiger partial charge >= 0.3 is 5.69 Å². The van der Waals surface area contributed by atoms with Crippen molar-refractivity contribution < 1.29 is 0 Å². The summed E-state index contributed by atoms with van der Waals surface area (Å²) in [5.41, 5.74) is 3.42. The average molecular weight is 272 g/mol. The SMILES string of the molecule is Cc1cc(NN)nc(Cn2nc3cnccn3c2=O)n1. The third-order valence-electron chi connectivity index (χ3n) is 2.73. The van der Waals surface area contributed by atoms with E-state index >= 15 is 0 Å². The minimum absolute atomic E-state index is 0.164. The number of hydrazine groups is 1. The van der Waals surface area contributed by atoms with Gasteiger partial charge in [-0.1, -0.05) is 0 Å². The van der Waals surface area contributed by atoms with Crippen LogP contribution in [0.3, 0.4) is 0 Å². The van der Waals surface area contributed by atoms with Crippen molar-refractivity contribution in [3.05, 3.63) is 46.7 Å². The van der Waals surface area contributed by atoms with E-state index < -0.39 is 0 Å². The summed E-state index contributed by atoms with van der Waals surface area (Å²) < 4.78 is 2.69. The van der Waals surface area contributed by atoms with Crippen LogP contribution in [-0.4, -0.2) is 29.1 Å². The Labute approximate surface area is 113 Å². The molecule has 102 valence electrons. The maximum Gasteiger partial charge on any atom is 0.350 e. The van der Waals surface area contributed by atoms with E-state index in [0.717, 1.165) is 5.69 Å². The van der Waals surface area contributed by atoms with Crippen LogP contribution in [0.25, 0.3) is 5.65 Å². The Bertz CT molecular complexity index is 821. The van der Waals surface area contributed by atoms with Gasteiger partial charge in [0.05, 0.1) is 6.20 Å². The Morgan fingerprint density at radius 2 is 2.25 bits per heavy atom. The Kier molecular flexibility index (Phi) is 2.88. The van der Waals surface area contributed by atoms with E-state index in [1.54, 1.807) is 12.3 Å². The van der Waals surface area contributed by atoms with Crippen molar-refractivity contribution in [2.75, 3.05) is 5.43 Å². The number of nitrogens with two attached hydrogens (primary N) is 1. The maximum atomic E-state index is 12.1. The van der Waals surface area contributed by atoms with Gasteiger partial charge in [-0.05, 0) is 6.92 Å². The first-order valence-electron chi connectivity index (χ1n) is 5.88. The van der Waals surface area contributed by atoms with Crippen LogP contribution in [0.4, 0.5) is 5.82 Å².